The van der Waals surface area contributed by atoms with Gasteiger partial charge in [0.05, 0.1) is 0 Å². The molecular formula is H14FeO11S+. The van der Waals surface area contributed by atoms with Gasteiger partial charge < -0.3 is 47.4 Å². The van der Waals surface area contributed by atoms with E-state index >= 15 is 0 Å². The summed E-state index contributed by atoms with van der Waals surface area (Å²) < 4.78 is 34.1. The second-order valence-electron chi connectivity index (χ2n) is 0.408. The zero-order valence-electron chi connectivity index (χ0n) is 5.89. The smallest absolute Gasteiger partial charge is 0.759 e. The molecule has 0 heterocycles. The molecular weight excluding hydrogens is 264 g/mol. The molecule has 0 aliphatic carbocycles. The van der Waals surface area contributed by atoms with Crippen LogP contribution in [0.1, 0.15) is 0 Å². The van der Waals surface area contributed by atoms with Gasteiger partial charge in [-0.15, -0.1) is 0 Å². The minimum absolute atomic E-state index is 0. The van der Waals surface area contributed by atoms with Crippen LogP contribution in [0.5, 0.6) is 0 Å². The maximum absolute atomic E-state index is 8.52. The van der Waals surface area contributed by atoms with Crippen molar-refractivity contribution in [2.75, 3.05) is 0 Å². The van der Waals surface area contributed by atoms with E-state index in [0.717, 1.165) is 0 Å². The average molecular weight is 278 g/mol. The fourth-order valence-corrected chi connectivity index (χ4v) is 0. The molecule has 0 bridgehead atoms. The Labute approximate surface area is 84.0 Å². The summed E-state index contributed by atoms with van der Waals surface area (Å²) >= 11 is 0. The topological polar surface area (TPSA) is 301 Å². The third-order valence-corrected chi connectivity index (χ3v) is 0. The van der Waals surface area contributed by atoms with Crippen LogP contribution in [-0.2, 0) is 27.5 Å². The minimum Gasteiger partial charge on any atom is -0.759 e. The van der Waals surface area contributed by atoms with Crippen molar-refractivity contribution in [2.24, 2.45) is 0 Å². The van der Waals surface area contributed by atoms with E-state index in [1.54, 1.807) is 0 Å². The molecule has 0 atom stereocenters. The molecule has 93 valence electrons. The van der Waals surface area contributed by atoms with Gasteiger partial charge in [-0.1, -0.05) is 0 Å². The van der Waals surface area contributed by atoms with Gasteiger partial charge in [0.25, 0.3) is 0 Å². The quantitative estimate of drug-likeness (QED) is 0.236. The maximum Gasteiger partial charge on any atom is 3.00 e. The molecule has 0 fully saturated rings. The van der Waals surface area contributed by atoms with Gasteiger partial charge in [0.15, 0.2) is 0 Å². The molecule has 0 unspecified atom stereocenters. The van der Waals surface area contributed by atoms with E-state index in [4.69, 9.17) is 17.5 Å². The fraction of sp³-hybridized carbons (Fsp3) is 0. The Hall–Kier alpha value is 0.109. The van der Waals surface area contributed by atoms with E-state index in [2.05, 4.69) is 0 Å². The van der Waals surface area contributed by atoms with Crippen molar-refractivity contribution < 1.29 is 72.9 Å². The molecule has 14 N–H and O–H groups in total. The monoisotopic (exact) mass is 278 g/mol. The molecule has 0 aliphatic rings. The Bertz CT molecular complexity index is 93.3. The van der Waals surface area contributed by atoms with Crippen molar-refractivity contribution in [1.29, 1.82) is 0 Å². The molecule has 13 heteroatoms. The first-order valence-corrected chi connectivity index (χ1v) is 2.00. The Morgan fingerprint density at radius 2 is 0.615 bits per heavy atom. The molecule has 0 aromatic carbocycles. The zero-order valence-corrected chi connectivity index (χ0v) is 7.82. The molecule has 0 aromatic heterocycles. The average Bonchev–Trinajstić information content (AvgIpc) is 0.722. The fourth-order valence-electron chi connectivity index (χ4n) is 0. The summed E-state index contributed by atoms with van der Waals surface area (Å²) in [6, 6.07) is 0. The first kappa shape index (κ1) is 114. The van der Waals surface area contributed by atoms with Crippen LogP contribution in [0.25, 0.3) is 0 Å². The summed E-state index contributed by atoms with van der Waals surface area (Å²) in [6.45, 7) is 0. The summed E-state index contributed by atoms with van der Waals surface area (Å²) in [5.74, 6) is 0. The van der Waals surface area contributed by atoms with E-state index in [-0.39, 0.29) is 55.4 Å². The Morgan fingerprint density at radius 1 is 0.615 bits per heavy atom. The molecule has 0 aliphatic heterocycles. The standard InChI is InChI=1S/Fe.H2O4S.7H2O/c;1-5(2,3)4;;;;;;;/h;(H2,1,2,3,4);7*1H2/q+3;;;;;;;;/p-2. The molecule has 0 saturated heterocycles. The van der Waals surface area contributed by atoms with E-state index in [0.29, 0.717) is 0 Å². The number of rotatable bonds is 0. The van der Waals surface area contributed by atoms with E-state index in [1.165, 1.54) is 0 Å². The molecule has 0 saturated carbocycles. The summed E-state index contributed by atoms with van der Waals surface area (Å²) in [5.41, 5.74) is 0. The van der Waals surface area contributed by atoms with Crippen molar-refractivity contribution in [1.82, 2.24) is 0 Å². The van der Waals surface area contributed by atoms with Gasteiger partial charge in [0, 0.05) is 10.4 Å². The summed E-state index contributed by atoms with van der Waals surface area (Å²) in [7, 11) is -5.17. The van der Waals surface area contributed by atoms with Crippen LogP contribution < -0.4 is 0 Å². The second-order valence-corrected chi connectivity index (χ2v) is 1.22. The summed E-state index contributed by atoms with van der Waals surface area (Å²) in [5, 5.41) is 0. The van der Waals surface area contributed by atoms with Crippen LogP contribution in [-0.4, -0.2) is 55.9 Å². The zero-order chi connectivity index (χ0) is 4.50. The van der Waals surface area contributed by atoms with Gasteiger partial charge in [-0.2, -0.15) is 0 Å². The van der Waals surface area contributed by atoms with Crippen LogP contribution in [0.3, 0.4) is 0 Å². The largest absolute Gasteiger partial charge is 3.00 e. The maximum atomic E-state index is 8.52. The molecule has 0 aromatic rings. The van der Waals surface area contributed by atoms with E-state index < -0.39 is 10.4 Å². The van der Waals surface area contributed by atoms with Crippen LogP contribution >= 0.6 is 0 Å². The van der Waals surface area contributed by atoms with Gasteiger partial charge in [-0.25, -0.2) is 0 Å². The predicted molar refractivity (Wildman–Crippen MR) is 35.8 cm³/mol. The Balaban J connectivity index is -0.00000000286. The Morgan fingerprint density at radius 3 is 0.615 bits per heavy atom. The van der Waals surface area contributed by atoms with Crippen molar-refractivity contribution in [3.05, 3.63) is 0 Å². The Kier molecular flexibility index (Phi) is 351. The molecule has 13 heavy (non-hydrogen) atoms. The third kappa shape index (κ3) is 103000. The predicted octanol–water partition coefficient (Wildman–Crippen LogP) is -7.11. The van der Waals surface area contributed by atoms with Crippen molar-refractivity contribution in [3.8, 4) is 0 Å². The molecule has 0 spiro atoms. The van der Waals surface area contributed by atoms with Gasteiger partial charge >= 0.3 is 17.1 Å². The van der Waals surface area contributed by atoms with E-state index in [1.807, 2.05) is 0 Å². The molecule has 0 rings (SSSR count). The van der Waals surface area contributed by atoms with Crippen molar-refractivity contribution in [2.45, 2.75) is 0 Å². The summed E-state index contributed by atoms with van der Waals surface area (Å²) in [6.07, 6.45) is 0. The van der Waals surface area contributed by atoms with Crippen molar-refractivity contribution >= 4 is 10.4 Å². The second kappa shape index (κ2) is 40.0. The van der Waals surface area contributed by atoms with Crippen LogP contribution in [0.4, 0.5) is 0 Å². The van der Waals surface area contributed by atoms with E-state index in [9.17, 15) is 0 Å². The van der Waals surface area contributed by atoms with Gasteiger partial charge in [-0.05, 0) is 0 Å². The van der Waals surface area contributed by atoms with Crippen LogP contribution in [0.15, 0.2) is 0 Å². The molecule has 1 radical (unpaired) electrons. The van der Waals surface area contributed by atoms with Crippen LogP contribution in [0, 0.1) is 0 Å². The number of hydrogen-bond acceptors (Lipinski definition) is 4. The first-order valence-electron chi connectivity index (χ1n) is 0.667. The first-order chi connectivity index (χ1) is 2.00. The number of hydrogen-bond donors (Lipinski definition) is 0. The van der Waals surface area contributed by atoms with Crippen LogP contribution in [0.2, 0.25) is 0 Å². The minimum atomic E-state index is -5.17. The molecule has 11 nitrogen and oxygen atoms in total. The SMILES string of the molecule is O.O.O.O.O.O.O.O=S(=O)([O-])[O-].[Fe+3]. The van der Waals surface area contributed by atoms with Gasteiger partial charge in [0.2, 0.25) is 0 Å². The van der Waals surface area contributed by atoms with Gasteiger partial charge in [-0.3, -0.25) is 8.42 Å². The third-order valence-electron chi connectivity index (χ3n) is 0. The summed E-state index contributed by atoms with van der Waals surface area (Å²) in [4.78, 5) is 0. The van der Waals surface area contributed by atoms with Crippen molar-refractivity contribution in [3.63, 3.8) is 0 Å². The van der Waals surface area contributed by atoms with Gasteiger partial charge in [0.1, 0.15) is 0 Å². The normalized spacial score (nSPS) is 4.46. The molecule has 0 amide bonds.